The largest absolute Gasteiger partial charge is 0.293 e. The first-order chi connectivity index (χ1) is 8.16. The number of nitrogens with zero attached hydrogens (tertiary/aromatic N) is 1. The molecule has 3 nitrogen and oxygen atoms in total. The number of fused-ring (bicyclic) bond motifs is 1. The van der Waals surface area contributed by atoms with Crippen molar-refractivity contribution in [3.63, 3.8) is 0 Å². The molecule has 1 aromatic carbocycles. The molecule has 2 rings (SSSR count). The van der Waals surface area contributed by atoms with Crippen LogP contribution in [0.2, 0.25) is 0 Å². The second kappa shape index (κ2) is 4.62. The van der Waals surface area contributed by atoms with Gasteiger partial charge in [0.25, 0.3) is 0 Å². The second-order valence-corrected chi connectivity index (χ2v) is 4.23. The van der Waals surface area contributed by atoms with Gasteiger partial charge in [-0.15, -0.1) is 0 Å². The van der Waals surface area contributed by atoms with Crippen molar-refractivity contribution in [3.05, 3.63) is 35.4 Å². The second-order valence-electron chi connectivity index (χ2n) is 4.23. The summed E-state index contributed by atoms with van der Waals surface area (Å²) in [4.78, 5) is 28.5. The summed E-state index contributed by atoms with van der Waals surface area (Å²) in [6.07, 6.45) is 0.916. The number of carbonyl (C=O) groups is 2. The summed E-state index contributed by atoms with van der Waals surface area (Å²) in [7, 11) is 0. The number of carbonyl (C=O) groups excluding carboxylic acids is 2. The van der Waals surface area contributed by atoms with Crippen molar-refractivity contribution in [2.24, 2.45) is 10.9 Å². The highest BCUT2D eigenvalue weighted by Gasteiger charge is 2.39. The maximum Gasteiger partial charge on any atom is 0.180 e. The Labute approximate surface area is 101 Å². The smallest absolute Gasteiger partial charge is 0.180 e. The van der Waals surface area contributed by atoms with E-state index in [1.54, 1.807) is 31.2 Å². The van der Waals surface area contributed by atoms with Crippen LogP contribution in [0.4, 0.5) is 0 Å². The fraction of sp³-hybridized carbons (Fsp3) is 0.357. The molecule has 0 saturated carbocycles. The minimum atomic E-state index is -0.682. The lowest BCUT2D eigenvalue weighted by molar-refractivity contribution is 0.0883. The minimum absolute atomic E-state index is 0.108. The molecular formula is C14H15NO2. The monoisotopic (exact) mass is 229 g/mol. The summed E-state index contributed by atoms with van der Waals surface area (Å²) >= 11 is 0. The van der Waals surface area contributed by atoms with Crippen LogP contribution in [-0.2, 0) is 0 Å². The Hall–Kier alpha value is -1.77. The highest BCUT2D eigenvalue weighted by Crippen LogP contribution is 2.27. The van der Waals surface area contributed by atoms with Crippen molar-refractivity contribution < 1.29 is 9.59 Å². The van der Waals surface area contributed by atoms with E-state index in [0.29, 0.717) is 23.4 Å². The van der Waals surface area contributed by atoms with Crippen LogP contribution < -0.4 is 0 Å². The molecule has 0 aromatic heterocycles. The summed E-state index contributed by atoms with van der Waals surface area (Å²) < 4.78 is 0. The van der Waals surface area contributed by atoms with Gasteiger partial charge in [-0.3, -0.25) is 14.6 Å². The zero-order valence-electron chi connectivity index (χ0n) is 10.1. The van der Waals surface area contributed by atoms with E-state index >= 15 is 0 Å². The topological polar surface area (TPSA) is 46.5 Å². The first-order valence-electron chi connectivity index (χ1n) is 5.85. The molecule has 0 heterocycles. The first kappa shape index (κ1) is 11.7. The Kier molecular flexibility index (Phi) is 3.18. The molecule has 0 spiro atoms. The van der Waals surface area contributed by atoms with Crippen LogP contribution >= 0.6 is 0 Å². The quantitative estimate of drug-likeness (QED) is 0.590. The standard InChI is InChI=1S/C14H15NO2/c1-3-8-15-9(2)12-13(16)10-6-4-5-7-11(10)14(12)17/h4-7,12H,3,8H2,1-2H3. The molecule has 1 aliphatic carbocycles. The SMILES string of the molecule is CCCN=C(C)C1C(=O)c2ccccc2C1=O. The molecular weight excluding hydrogens is 214 g/mol. The minimum Gasteiger partial charge on any atom is -0.293 e. The molecule has 17 heavy (non-hydrogen) atoms. The Bertz CT molecular complexity index is 468. The van der Waals surface area contributed by atoms with Gasteiger partial charge in [0, 0.05) is 23.4 Å². The van der Waals surface area contributed by atoms with Crippen molar-refractivity contribution in [2.75, 3.05) is 6.54 Å². The molecule has 3 heteroatoms. The molecule has 0 fully saturated rings. The van der Waals surface area contributed by atoms with Gasteiger partial charge in [0.2, 0.25) is 0 Å². The summed E-state index contributed by atoms with van der Waals surface area (Å²) in [6, 6.07) is 6.99. The molecule has 1 aromatic rings. The van der Waals surface area contributed by atoms with Gasteiger partial charge in [0.1, 0.15) is 5.92 Å². The average molecular weight is 229 g/mol. The molecule has 0 atom stereocenters. The number of rotatable bonds is 3. The van der Waals surface area contributed by atoms with Crippen LogP contribution in [0, 0.1) is 5.92 Å². The lowest BCUT2D eigenvalue weighted by Crippen LogP contribution is -2.23. The third-order valence-electron chi connectivity index (χ3n) is 2.98. The van der Waals surface area contributed by atoms with Gasteiger partial charge >= 0.3 is 0 Å². The molecule has 0 saturated heterocycles. The predicted octanol–water partition coefficient (Wildman–Crippen LogP) is 2.55. The van der Waals surface area contributed by atoms with Gasteiger partial charge in [-0.2, -0.15) is 0 Å². The van der Waals surface area contributed by atoms with Crippen molar-refractivity contribution in [3.8, 4) is 0 Å². The molecule has 0 unspecified atom stereocenters. The number of Topliss-reactive ketones (excluding diaryl/α,β-unsaturated/α-hetero) is 2. The highest BCUT2D eigenvalue weighted by molar-refractivity contribution is 6.36. The molecule has 1 aliphatic rings. The van der Waals surface area contributed by atoms with Gasteiger partial charge in [0.15, 0.2) is 11.6 Å². The van der Waals surface area contributed by atoms with E-state index in [0.717, 1.165) is 6.42 Å². The summed E-state index contributed by atoms with van der Waals surface area (Å²) in [5, 5.41) is 0. The fourth-order valence-electron chi connectivity index (χ4n) is 2.10. The molecule has 0 aliphatic heterocycles. The van der Waals surface area contributed by atoms with Crippen molar-refractivity contribution in [2.45, 2.75) is 20.3 Å². The zero-order valence-corrected chi connectivity index (χ0v) is 10.1. The average Bonchev–Trinajstić information content (AvgIpc) is 2.60. The van der Waals surface area contributed by atoms with Crippen molar-refractivity contribution in [1.29, 1.82) is 0 Å². The van der Waals surface area contributed by atoms with Crippen LogP contribution in [0.1, 0.15) is 41.0 Å². The Morgan fingerprint density at radius 3 is 2.18 bits per heavy atom. The van der Waals surface area contributed by atoms with Crippen LogP contribution in [0.3, 0.4) is 0 Å². The van der Waals surface area contributed by atoms with E-state index in [1.807, 2.05) is 6.92 Å². The highest BCUT2D eigenvalue weighted by atomic mass is 16.2. The summed E-state index contributed by atoms with van der Waals surface area (Å²) in [6.45, 7) is 4.45. The van der Waals surface area contributed by atoms with E-state index in [-0.39, 0.29) is 11.6 Å². The van der Waals surface area contributed by atoms with Gasteiger partial charge in [-0.05, 0) is 13.3 Å². The van der Waals surface area contributed by atoms with Crippen molar-refractivity contribution in [1.82, 2.24) is 0 Å². The van der Waals surface area contributed by atoms with Gasteiger partial charge < -0.3 is 0 Å². The van der Waals surface area contributed by atoms with E-state index in [9.17, 15) is 9.59 Å². The van der Waals surface area contributed by atoms with Crippen LogP contribution in [0.5, 0.6) is 0 Å². The molecule has 0 bridgehead atoms. The summed E-state index contributed by atoms with van der Waals surface area (Å²) in [5.74, 6) is -0.898. The third kappa shape index (κ3) is 1.93. The van der Waals surface area contributed by atoms with Gasteiger partial charge in [0.05, 0.1) is 0 Å². The lowest BCUT2D eigenvalue weighted by Gasteiger charge is -2.05. The first-order valence-corrected chi connectivity index (χ1v) is 5.85. The van der Waals surface area contributed by atoms with E-state index in [2.05, 4.69) is 4.99 Å². The molecule has 0 radical (unpaired) electrons. The molecule has 0 N–H and O–H groups in total. The van der Waals surface area contributed by atoms with E-state index < -0.39 is 5.92 Å². The number of benzene rings is 1. The maximum atomic E-state index is 12.1. The van der Waals surface area contributed by atoms with Crippen LogP contribution in [-0.4, -0.2) is 23.8 Å². The van der Waals surface area contributed by atoms with Crippen molar-refractivity contribution >= 4 is 17.3 Å². The predicted molar refractivity (Wildman–Crippen MR) is 66.9 cm³/mol. The fourth-order valence-corrected chi connectivity index (χ4v) is 2.10. The number of hydrogen-bond donors (Lipinski definition) is 0. The van der Waals surface area contributed by atoms with Crippen LogP contribution in [0.25, 0.3) is 0 Å². The van der Waals surface area contributed by atoms with Crippen LogP contribution in [0.15, 0.2) is 29.3 Å². The summed E-state index contributed by atoms with van der Waals surface area (Å²) in [5.41, 5.74) is 1.71. The lowest BCUT2D eigenvalue weighted by atomic mass is 9.99. The Balaban J connectivity index is 2.36. The molecule has 88 valence electrons. The van der Waals surface area contributed by atoms with Gasteiger partial charge in [-0.1, -0.05) is 31.2 Å². The Morgan fingerprint density at radius 2 is 1.71 bits per heavy atom. The number of aliphatic imine (C=N–C) groups is 1. The number of hydrogen-bond acceptors (Lipinski definition) is 3. The van der Waals surface area contributed by atoms with Gasteiger partial charge in [-0.25, -0.2) is 0 Å². The zero-order chi connectivity index (χ0) is 12.4. The Morgan fingerprint density at radius 1 is 1.18 bits per heavy atom. The molecule has 0 amide bonds. The normalized spacial score (nSPS) is 16.5. The maximum absolute atomic E-state index is 12.1. The van der Waals surface area contributed by atoms with E-state index in [1.165, 1.54) is 0 Å². The third-order valence-corrected chi connectivity index (χ3v) is 2.98. The number of ketones is 2. The van der Waals surface area contributed by atoms with E-state index in [4.69, 9.17) is 0 Å².